The Labute approximate surface area is 122 Å². The van der Waals surface area contributed by atoms with Crippen LogP contribution < -0.4 is 10.1 Å². The lowest BCUT2D eigenvalue weighted by Gasteiger charge is -2.09. The van der Waals surface area contributed by atoms with Gasteiger partial charge in [-0.2, -0.15) is 0 Å². The number of halogens is 2. The van der Waals surface area contributed by atoms with Crippen LogP contribution in [0.2, 0.25) is 5.02 Å². The van der Waals surface area contributed by atoms with Crippen molar-refractivity contribution in [1.82, 2.24) is 5.32 Å². The average Bonchev–Trinajstić information content (AvgIpc) is 2.45. The molecular formula is C15H15ClFNO2. The number of aromatic hydroxyl groups is 1. The van der Waals surface area contributed by atoms with Crippen molar-refractivity contribution in [3.8, 4) is 11.5 Å². The van der Waals surface area contributed by atoms with Crippen molar-refractivity contribution in [3.05, 3.63) is 58.4 Å². The Balaban J connectivity index is 1.97. The van der Waals surface area contributed by atoms with E-state index < -0.39 is 5.82 Å². The molecule has 0 radical (unpaired) electrons. The maximum atomic E-state index is 13.0. The van der Waals surface area contributed by atoms with Gasteiger partial charge in [0.05, 0.1) is 12.1 Å². The highest BCUT2D eigenvalue weighted by molar-refractivity contribution is 6.30. The van der Waals surface area contributed by atoms with Gasteiger partial charge in [0.15, 0.2) is 0 Å². The molecule has 106 valence electrons. The topological polar surface area (TPSA) is 41.5 Å². The molecule has 0 aromatic heterocycles. The Morgan fingerprint density at radius 2 is 2.00 bits per heavy atom. The number of hydrogen-bond acceptors (Lipinski definition) is 3. The van der Waals surface area contributed by atoms with Crippen LogP contribution >= 0.6 is 11.6 Å². The molecule has 2 aromatic rings. The third kappa shape index (κ3) is 3.62. The summed E-state index contributed by atoms with van der Waals surface area (Å²) in [4.78, 5) is 0. The smallest absolute Gasteiger partial charge is 0.141 e. The van der Waals surface area contributed by atoms with Crippen molar-refractivity contribution < 1.29 is 14.2 Å². The van der Waals surface area contributed by atoms with Gasteiger partial charge < -0.3 is 15.2 Å². The Morgan fingerprint density at radius 1 is 1.20 bits per heavy atom. The molecule has 5 heteroatoms. The zero-order valence-electron chi connectivity index (χ0n) is 11.0. The van der Waals surface area contributed by atoms with Crippen LogP contribution in [0.5, 0.6) is 11.5 Å². The molecule has 0 spiro atoms. The fourth-order valence-electron chi connectivity index (χ4n) is 1.82. The number of nitrogens with one attached hydrogen (secondary N) is 1. The van der Waals surface area contributed by atoms with Gasteiger partial charge in [-0.15, -0.1) is 0 Å². The van der Waals surface area contributed by atoms with Gasteiger partial charge in [0, 0.05) is 18.7 Å². The highest BCUT2D eigenvalue weighted by Gasteiger charge is 2.04. The Bertz CT molecular complexity index is 604. The summed E-state index contributed by atoms with van der Waals surface area (Å²) in [5.74, 6) is 0.459. The van der Waals surface area contributed by atoms with E-state index in [1.807, 2.05) is 0 Å². The van der Waals surface area contributed by atoms with Crippen molar-refractivity contribution in [3.63, 3.8) is 0 Å². The first-order chi connectivity index (χ1) is 9.60. The summed E-state index contributed by atoms with van der Waals surface area (Å²) in [7, 11) is 1.57. The van der Waals surface area contributed by atoms with Crippen molar-refractivity contribution >= 4 is 11.6 Å². The minimum Gasteiger partial charge on any atom is -0.508 e. The molecule has 0 saturated carbocycles. The van der Waals surface area contributed by atoms with E-state index in [9.17, 15) is 9.50 Å². The number of hydrogen-bond donors (Lipinski definition) is 2. The molecule has 2 rings (SSSR count). The average molecular weight is 296 g/mol. The van der Waals surface area contributed by atoms with Gasteiger partial charge in [0.2, 0.25) is 0 Å². The van der Waals surface area contributed by atoms with Crippen LogP contribution in [0.4, 0.5) is 4.39 Å². The standard InChI is InChI=1S/C15H15ClFNO2/c1-20-12-3-5-15(19)11(7-12)9-18-8-10-2-4-14(17)13(16)6-10/h2-7,18-19H,8-9H2,1H3. The molecule has 0 atom stereocenters. The monoisotopic (exact) mass is 295 g/mol. The molecule has 3 nitrogen and oxygen atoms in total. The highest BCUT2D eigenvalue weighted by atomic mass is 35.5. The van der Waals surface area contributed by atoms with Crippen LogP contribution in [0.3, 0.4) is 0 Å². The summed E-state index contributed by atoms with van der Waals surface area (Å²) in [5, 5.41) is 13.0. The molecule has 2 N–H and O–H groups in total. The van der Waals surface area contributed by atoms with Crippen LogP contribution in [0.15, 0.2) is 36.4 Å². The largest absolute Gasteiger partial charge is 0.508 e. The second-order valence-electron chi connectivity index (χ2n) is 4.35. The lowest BCUT2D eigenvalue weighted by Crippen LogP contribution is -2.13. The Morgan fingerprint density at radius 3 is 2.70 bits per heavy atom. The third-order valence-corrected chi connectivity index (χ3v) is 3.20. The van der Waals surface area contributed by atoms with Gasteiger partial charge in [0.1, 0.15) is 17.3 Å². The minimum absolute atomic E-state index is 0.105. The SMILES string of the molecule is COc1ccc(O)c(CNCc2ccc(F)c(Cl)c2)c1. The molecule has 0 aliphatic heterocycles. The highest BCUT2D eigenvalue weighted by Crippen LogP contribution is 2.22. The zero-order valence-corrected chi connectivity index (χ0v) is 11.7. The summed E-state index contributed by atoms with van der Waals surface area (Å²) < 4.78 is 18.1. The second kappa shape index (κ2) is 6.59. The summed E-state index contributed by atoms with van der Waals surface area (Å²) in [6.07, 6.45) is 0. The van der Waals surface area contributed by atoms with E-state index in [-0.39, 0.29) is 10.8 Å². The first kappa shape index (κ1) is 14.6. The number of benzene rings is 2. The van der Waals surface area contributed by atoms with Crippen LogP contribution in [-0.4, -0.2) is 12.2 Å². The first-order valence-corrected chi connectivity index (χ1v) is 6.48. The van der Waals surface area contributed by atoms with Gasteiger partial charge in [0.25, 0.3) is 0 Å². The van der Waals surface area contributed by atoms with Crippen LogP contribution in [0, 0.1) is 5.82 Å². The summed E-state index contributed by atoms with van der Waals surface area (Å²) in [6, 6.07) is 9.63. The quantitative estimate of drug-likeness (QED) is 0.887. The second-order valence-corrected chi connectivity index (χ2v) is 4.75. The van der Waals surface area contributed by atoms with Crippen LogP contribution in [0.1, 0.15) is 11.1 Å². The molecule has 0 amide bonds. The number of phenols is 1. The molecule has 0 aliphatic carbocycles. The maximum Gasteiger partial charge on any atom is 0.141 e. The lowest BCUT2D eigenvalue weighted by atomic mass is 10.1. The maximum absolute atomic E-state index is 13.0. The van der Waals surface area contributed by atoms with Crippen molar-refractivity contribution in [2.45, 2.75) is 13.1 Å². The number of methoxy groups -OCH3 is 1. The van der Waals surface area contributed by atoms with Crippen molar-refractivity contribution in [1.29, 1.82) is 0 Å². The van der Waals surface area contributed by atoms with E-state index in [1.165, 1.54) is 6.07 Å². The number of ether oxygens (including phenoxy) is 1. The van der Waals surface area contributed by atoms with E-state index in [0.29, 0.717) is 18.8 Å². The Hall–Kier alpha value is -1.78. The van der Waals surface area contributed by atoms with Crippen molar-refractivity contribution in [2.24, 2.45) is 0 Å². The van der Waals surface area contributed by atoms with E-state index in [4.69, 9.17) is 16.3 Å². The predicted molar refractivity (Wildman–Crippen MR) is 76.6 cm³/mol. The Kier molecular flexibility index (Phi) is 4.82. The number of rotatable bonds is 5. The fraction of sp³-hybridized carbons (Fsp3) is 0.200. The van der Waals surface area contributed by atoms with Gasteiger partial charge in [-0.3, -0.25) is 0 Å². The molecule has 0 unspecified atom stereocenters. The van der Waals surface area contributed by atoms with Crippen LogP contribution in [0.25, 0.3) is 0 Å². The molecule has 0 fully saturated rings. The van der Waals surface area contributed by atoms with Gasteiger partial charge in [-0.05, 0) is 35.9 Å². The van der Waals surface area contributed by atoms with E-state index in [2.05, 4.69) is 5.32 Å². The van der Waals surface area contributed by atoms with Gasteiger partial charge in [-0.1, -0.05) is 17.7 Å². The zero-order chi connectivity index (χ0) is 14.5. The van der Waals surface area contributed by atoms with Crippen LogP contribution in [-0.2, 0) is 13.1 Å². The molecule has 20 heavy (non-hydrogen) atoms. The predicted octanol–water partition coefficient (Wildman–Crippen LogP) is 3.48. The summed E-state index contributed by atoms with van der Waals surface area (Å²) in [6.45, 7) is 0.995. The number of phenolic OH excluding ortho intramolecular Hbond substituents is 1. The van der Waals surface area contributed by atoms with Gasteiger partial charge >= 0.3 is 0 Å². The van der Waals surface area contributed by atoms with Gasteiger partial charge in [-0.25, -0.2) is 4.39 Å². The fourth-order valence-corrected chi connectivity index (χ4v) is 2.02. The molecule has 0 aliphatic rings. The molecule has 0 heterocycles. The first-order valence-electron chi connectivity index (χ1n) is 6.10. The third-order valence-electron chi connectivity index (χ3n) is 2.92. The molecule has 0 saturated heterocycles. The molecule has 2 aromatic carbocycles. The normalized spacial score (nSPS) is 10.6. The van der Waals surface area contributed by atoms with E-state index in [1.54, 1.807) is 37.4 Å². The summed E-state index contributed by atoms with van der Waals surface area (Å²) in [5.41, 5.74) is 1.61. The van der Waals surface area contributed by atoms with E-state index >= 15 is 0 Å². The summed E-state index contributed by atoms with van der Waals surface area (Å²) >= 11 is 5.72. The van der Waals surface area contributed by atoms with Crippen molar-refractivity contribution in [2.75, 3.05) is 7.11 Å². The minimum atomic E-state index is -0.430. The van der Waals surface area contributed by atoms with E-state index in [0.717, 1.165) is 11.1 Å². The molecule has 0 bridgehead atoms. The molecular weight excluding hydrogens is 281 g/mol. The lowest BCUT2D eigenvalue weighted by molar-refractivity contribution is 0.410.